The minimum Gasteiger partial charge on any atom is -0.436 e. The van der Waals surface area contributed by atoms with Gasteiger partial charge < -0.3 is 9.32 Å². The second-order valence-electron chi connectivity index (χ2n) is 5.18. The van der Waals surface area contributed by atoms with E-state index in [1.54, 1.807) is 12.3 Å². The van der Waals surface area contributed by atoms with Gasteiger partial charge in [-0.1, -0.05) is 30.3 Å². The Kier molecular flexibility index (Phi) is 3.74. The maximum atomic E-state index is 11.3. The number of oxazole rings is 1. The third-order valence-electron chi connectivity index (χ3n) is 3.45. The molecule has 3 rings (SSSR count). The van der Waals surface area contributed by atoms with Gasteiger partial charge in [0.25, 0.3) is 0 Å². The average Bonchev–Trinajstić information content (AvgIpc) is 3.05. The fraction of sp³-hybridized carbons (Fsp3) is 0.111. The molecular formula is C18H16N2O2. The van der Waals surface area contributed by atoms with Crippen LogP contribution in [-0.2, 0) is 0 Å². The fourth-order valence-electron chi connectivity index (χ4n) is 2.33. The Morgan fingerprint density at radius 1 is 1.05 bits per heavy atom. The lowest BCUT2D eigenvalue weighted by atomic mass is 10.1. The van der Waals surface area contributed by atoms with Crippen LogP contribution in [-0.4, -0.2) is 25.4 Å². The summed E-state index contributed by atoms with van der Waals surface area (Å²) in [5.41, 5.74) is 3.24. The molecule has 2 aromatic carbocycles. The summed E-state index contributed by atoms with van der Waals surface area (Å²) in [5, 5.41) is 0. The van der Waals surface area contributed by atoms with Gasteiger partial charge in [-0.25, -0.2) is 4.98 Å². The first-order valence-corrected chi connectivity index (χ1v) is 6.97. The van der Waals surface area contributed by atoms with Crippen LogP contribution in [0, 0.1) is 0 Å². The molecule has 0 radical (unpaired) electrons. The van der Waals surface area contributed by atoms with Crippen LogP contribution >= 0.6 is 0 Å². The van der Waals surface area contributed by atoms with Gasteiger partial charge in [0.15, 0.2) is 12.0 Å². The van der Waals surface area contributed by atoms with E-state index in [0.717, 1.165) is 23.1 Å². The Labute approximate surface area is 129 Å². The Balaban J connectivity index is 1.99. The van der Waals surface area contributed by atoms with Crippen LogP contribution in [0.5, 0.6) is 0 Å². The summed E-state index contributed by atoms with van der Waals surface area (Å²) in [6.07, 6.45) is 2.55. The minimum atomic E-state index is 0.507. The van der Waals surface area contributed by atoms with Gasteiger partial charge in [0, 0.05) is 36.5 Å². The van der Waals surface area contributed by atoms with E-state index >= 15 is 0 Å². The van der Waals surface area contributed by atoms with Crippen LogP contribution in [0.4, 0.5) is 5.69 Å². The molecule has 0 saturated heterocycles. The lowest BCUT2D eigenvalue weighted by Crippen LogP contribution is -2.11. The third kappa shape index (κ3) is 2.63. The molecule has 0 aliphatic heterocycles. The number of carbonyl (C=O) groups excluding carboxylic acids is 1. The van der Waals surface area contributed by atoms with Gasteiger partial charge >= 0.3 is 0 Å². The van der Waals surface area contributed by atoms with E-state index in [1.807, 2.05) is 61.5 Å². The Morgan fingerprint density at radius 3 is 2.50 bits per heavy atom. The summed E-state index contributed by atoms with van der Waals surface area (Å²) < 4.78 is 5.81. The molecule has 0 fully saturated rings. The molecule has 3 aromatic rings. The molecule has 1 heterocycles. The monoisotopic (exact) mass is 292 g/mol. The fourth-order valence-corrected chi connectivity index (χ4v) is 2.33. The summed E-state index contributed by atoms with van der Waals surface area (Å²) in [6.45, 7) is 0. The van der Waals surface area contributed by atoms with Crippen molar-refractivity contribution in [2.75, 3.05) is 19.0 Å². The van der Waals surface area contributed by atoms with Crippen LogP contribution in [0.3, 0.4) is 0 Å². The predicted octanol–water partition coefficient (Wildman–Crippen LogP) is 3.89. The molecule has 0 amide bonds. The molecule has 0 aliphatic carbocycles. The number of anilines is 1. The maximum Gasteiger partial charge on any atom is 0.226 e. The molecule has 0 bridgehead atoms. The molecule has 0 N–H and O–H groups in total. The van der Waals surface area contributed by atoms with Crippen LogP contribution in [0.1, 0.15) is 10.4 Å². The Hall–Kier alpha value is -2.88. The van der Waals surface area contributed by atoms with Crippen molar-refractivity contribution in [3.05, 3.63) is 60.3 Å². The average molecular weight is 292 g/mol. The van der Waals surface area contributed by atoms with Gasteiger partial charge in [0.05, 0.1) is 6.20 Å². The van der Waals surface area contributed by atoms with Crippen molar-refractivity contribution in [1.82, 2.24) is 4.98 Å². The maximum absolute atomic E-state index is 11.3. The van der Waals surface area contributed by atoms with Crippen LogP contribution < -0.4 is 4.90 Å². The van der Waals surface area contributed by atoms with E-state index in [9.17, 15) is 4.79 Å². The van der Waals surface area contributed by atoms with Gasteiger partial charge in [-0.15, -0.1) is 0 Å². The lowest BCUT2D eigenvalue weighted by Gasteiger charge is -2.15. The summed E-state index contributed by atoms with van der Waals surface area (Å²) in [6, 6.07) is 15.4. The van der Waals surface area contributed by atoms with Crippen molar-refractivity contribution in [2.24, 2.45) is 0 Å². The molecule has 1 aromatic heterocycles. The van der Waals surface area contributed by atoms with Crippen molar-refractivity contribution in [1.29, 1.82) is 0 Å². The number of benzene rings is 2. The first-order chi connectivity index (χ1) is 10.7. The standard InChI is InChI=1S/C18H16N2O2/c1-20(2)16-9-8-14(10-15(16)12-21)18-19-11-17(22-18)13-6-4-3-5-7-13/h3-12H,1-2H3. The molecule has 0 aliphatic rings. The molecule has 22 heavy (non-hydrogen) atoms. The van der Waals surface area contributed by atoms with E-state index in [4.69, 9.17) is 4.42 Å². The molecule has 0 saturated carbocycles. The minimum absolute atomic E-state index is 0.507. The highest BCUT2D eigenvalue weighted by molar-refractivity contribution is 5.86. The van der Waals surface area contributed by atoms with E-state index in [2.05, 4.69) is 4.98 Å². The molecule has 0 spiro atoms. The molecule has 4 nitrogen and oxygen atoms in total. The lowest BCUT2D eigenvalue weighted by molar-refractivity contribution is 0.112. The normalized spacial score (nSPS) is 10.5. The van der Waals surface area contributed by atoms with Gasteiger partial charge in [0.2, 0.25) is 5.89 Å². The van der Waals surface area contributed by atoms with Gasteiger partial charge in [-0.2, -0.15) is 0 Å². The zero-order valence-electron chi connectivity index (χ0n) is 12.5. The van der Waals surface area contributed by atoms with Crippen molar-refractivity contribution < 1.29 is 9.21 Å². The number of rotatable bonds is 4. The second-order valence-corrected chi connectivity index (χ2v) is 5.18. The summed E-state index contributed by atoms with van der Waals surface area (Å²) in [5.74, 6) is 1.21. The predicted molar refractivity (Wildman–Crippen MR) is 87.1 cm³/mol. The second kappa shape index (κ2) is 5.85. The number of hydrogen-bond acceptors (Lipinski definition) is 4. The van der Waals surface area contributed by atoms with E-state index < -0.39 is 0 Å². The van der Waals surface area contributed by atoms with E-state index in [-0.39, 0.29) is 0 Å². The Morgan fingerprint density at radius 2 is 1.82 bits per heavy atom. The number of nitrogens with zero attached hydrogens (tertiary/aromatic N) is 2. The van der Waals surface area contributed by atoms with Gasteiger partial charge in [0.1, 0.15) is 0 Å². The molecular weight excluding hydrogens is 276 g/mol. The van der Waals surface area contributed by atoms with Crippen molar-refractivity contribution in [3.8, 4) is 22.8 Å². The highest BCUT2D eigenvalue weighted by atomic mass is 16.4. The highest BCUT2D eigenvalue weighted by Gasteiger charge is 2.11. The van der Waals surface area contributed by atoms with Crippen molar-refractivity contribution >= 4 is 12.0 Å². The number of aromatic nitrogens is 1. The van der Waals surface area contributed by atoms with E-state index in [0.29, 0.717) is 17.2 Å². The third-order valence-corrected chi connectivity index (χ3v) is 3.45. The zero-order valence-corrected chi connectivity index (χ0v) is 12.5. The molecule has 0 unspecified atom stereocenters. The smallest absolute Gasteiger partial charge is 0.226 e. The van der Waals surface area contributed by atoms with Crippen LogP contribution in [0.25, 0.3) is 22.8 Å². The molecule has 110 valence electrons. The van der Waals surface area contributed by atoms with Crippen LogP contribution in [0.15, 0.2) is 59.1 Å². The summed E-state index contributed by atoms with van der Waals surface area (Å²) >= 11 is 0. The molecule has 0 atom stereocenters. The number of carbonyl (C=O) groups is 1. The van der Waals surface area contributed by atoms with Gasteiger partial charge in [-0.05, 0) is 18.2 Å². The molecule has 4 heteroatoms. The first kappa shape index (κ1) is 14.1. The summed E-state index contributed by atoms with van der Waals surface area (Å²) in [7, 11) is 3.81. The summed E-state index contributed by atoms with van der Waals surface area (Å²) in [4.78, 5) is 17.5. The van der Waals surface area contributed by atoms with Gasteiger partial charge in [-0.3, -0.25) is 4.79 Å². The SMILES string of the molecule is CN(C)c1ccc(-c2ncc(-c3ccccc3)o2)cc1C=O. The number of aldehydes is 1. The number of hydrogen-bond donors (Lipinski definition) is 0. The van der Waals surface area contributed by atoms with Crippen LogP contribution in [0.2, 0.25) is 0 Å². The Bertz CT molecular complexity index is 792. The first-order valence-electron chi connectivity index (χ1n) is 6.97. The highest BCUT2D eigenvalue weighted by Crippen LogP contribution is 2.28. The topological polar surface area (TPSA) is 46.3 Å². The van der Waals surface area contributed by atoms with Crippen molar-refractivity contribution in [3.63, 3.8) is 0 Å². The van der Waals surface area contributed by atoms with E-state index in [1.165, 1.54) is 0 Å². The largest absolute Gasteiger partial charge is 0.436 e. The van der Waals surface area contributed by atoms with Crippen molar-refractivity contribution in [2.45, 2.75) is 0 Å². The quantitative estimate of drug-likeness (QED) is 0.684. The zero-order chi connectivity index (χ0) is 15.5.